The Morgan fingerprint density at radius 3 is 2.81 bits per heavy atom. The first-order chi connectivity index (χ1) is 15.8. The first-order valence-corrected chi connectivity index (χ1v) is 11.6. The number of rotatable bonds is 8. The van der Waals surface area contributed by atoms with Crippen LogP contribution >= 0.6 is 0 Å². The third kappa shape index (κ3) is 4.76. The van der Waals surface area contributed by atoms with Crippen molar-refractivity contribution in [3.05, 3.63) is 71.8 Å². The molecule has 2 unspecified atom stereocenters. The monoisotopic (exact) mass is 429 g/mol. The van der Waals surface area contributed by atoms with E-state index in [1.165, 1.54) is 31.2 Å². The van der Waals surface area contributed by atoms with Crippen LogP contribution in [0.25, 0.3) is 11.6 Å². The first kappa shape index (κ1) is 20.9. The smallest absolute Gasteiger partial charge is 0.0718 e. The van der Waals surface area contributed by atoms with Crippen LogP contribution in [0.15, 0.2) is 60.1 Å². The lowest BCUT2D eigenvalue weighted by Gasteiger charge is -2.26. The second-order valence-corrected chi connectivity index (χ2v) is 8.90. The molecule has 0 spiro atoms. The molecule has 0 amide bonds. The molecule has 0 radical (unpaired) electrons. The van der Waals surface area contributed by atoms with Crippen molar-refractivity contribution < 1.29 is 4.74 Å². The van der Waals surface area contributed by atoms with E-state index >= 15 is 0 Å². The molecule has 3 fully saturated rings. The summed E-state index contributed by atoms with van der Waals surface area (Å²) in [4.78, 5) is 11.5. The fourth-order valence-electron chi connectivity index (χ4n) is 4.57. The van der Waals surface area contributed by atoms with Crippen molar-refractivity contribution in [2.45, 2.75) is 50.4 Å². The van der Waals surface area contributed by atoms with Gasteiger partial charge in [-0.2, -0.15) is 0 Å². The predicted octanol–water partition coefficient (Wildman–Crippen LogP) is 4.06. The molecule has 1 aromatic heterocycles. The van der Waals surface area contributed by atoms with Gasteiger partial charge in [-0.15, -0.1) is 0 Å². The summed E-state index contributed by atoms with van der Waals surface area (Å²) < 4.78 is 5.70. The molecular formula is C26H31N5O. The Morgan fingerprint density at radius 2 is 2.12 bits per heavy atom. The van der Waals surface area contributed by atoms with E-state index in [9.17, 15) is 0 Å². The average Bonchev–Trinajstić information content (AvgIpc) is 3.41. The van der Waals surface area contributed by atoms with E-state index < -0.39 is 0 Å². The lowest BCUT2D eigenvalue weighted by atomic mass is 9.94. The van der Waals surface area contributed by atoms with E-state index in [0.29, 0.717) is 18.2 Å². The molecule has 3 heterocycles. The minimum atomic E-state index is 0.447. The average molecular weight is 430 g/mol. The fraction of sp³-hybridized carbons (Fsp3) is 0.385. The number of ether oxygens (including phenoxy) is 1. The molecule has 32 heavy (non-hydrogen) atoms. The third-order valence-corrected chi connectivity index (χ3v) is 6.71. The van der Waals surface area contributed by atoms with Gasteiger partial charge in [0.15, 0.2) is 0 Å². The Morgan fingerprint density at radius 1 is 1.25 bits per heavy atom. The number of aliphatic imine (C=N–C) groups is 1. The number of hydrogen-bond donors (Lipinski definition) is 2. The third-order valence-electron chi connectivity index (χ3n) is 6.71. The Labute approximate surface area is 189 Å². The maximum atomic E-state index is 5.91. The molecule has 6 heteroatoms. The number of nitrogens with two attached hydrogens (primary N) is 1. The molecule has 2 bridgehead atoms. The second-order valence-electron chi connectivity index (χ2n) is 8.90. The van der Waals surface area contributed by atoms with Gasteiger partial charge < -0.3 is 15.8 Å². The SMILES string of the molecule is NC=C(C=NC1CCC1)c1ccncc1/C=C/Nc1ccc(CN2CC3CC2CO3)cc1. The number of allylic oxidation sites excluding steroid dienone is 1. The zero-order valence-electron chi connectivity index (χ0n) is 18.4. The van der Waals surface area contributed by atoms with Crippen LogP contribution in [-0.2, 0) is 11.3 Å². The molecule has 2 aromatic rings. The highest BCUT2D eigenvalue weighted by atomic mass is 16.5. The standard InChI is InChI=1S/C26H31N5O/c27-13-21(15-30-22-2-1-3-22)26-9-10-28-14-20(26)8-11-29-23-6-4-19(5-7-23)16-31-17-25-12-24(31)18-32-25/h4-11,13-15,22,24-25,29H,1-3,12,16-18,27H2/b11-8+,21-13?,30-15?. The number of nitrogens with zero attached hydrogens (tertiary/aromatic N) is 3. The fourth-order valence-corrected chi connectivity index (χ4v) is 4.57. The van der Waals surface area contributed by atoms with Gasteiger partial charge in [0.1, 0.15) is 0 Å². The van der Waals surface area contributed by atoms with Gasteiger partial charge in [-0.05, 0) is 61.1 Å². The molecular weight excluding hydrogens is 398 g/mol. The van der Waals surface area contributed by atoms with E-state index in [0.717, 1.165) is 42.1 Å². The summed E-state index contributed by atoms with van der Waals surface area (Å²) in [5.41, 5.74) is 11.3. The van der Waals surface area contributed by atoms with Gasteiger partial charge in [0.2, 0.25) is 0 Å². The minimum Gasteiger partial charge on any atom is -0.404 e. The maximum Gasteiger partial charge on any atom is 0.0718 e. The normalized spacial score (nSPS) is 23.9. The van der Waals surface area contributed by atoms with E-state index in [2.05, 4.69) is 44.5 Å². The number of nitrogens with one attached hydrogen (secondary N) is 1. The molecule has 5 rings (SSSR count). The summed E-state index contributed by atoms with van der Waals surface area (Å²) in [7, 11) is 0. The molecule has 1 saturated carbocycles. The van der Waals surface area contributed by atoms with Gasteiger partial charge in [0, 0.05) is 73.0 Å². The predicted molar refractivity (Wildman–Crippen MR) is 130 cm³/mol. The van der Waals surface area contributed by atoms with Crippen molar-refractivity contribution in [1.82, 2.24) is 9.88 Å². The van der Waals surface area contributed by atoms with Crippen LogP contribution in [0.5, 0.6) is 0 Å². The highest BCUT2D eigenvalue weighted by Crippen LogP contribution is 2.29. The van der Waals surface area contributed by atoms with Crippen LogP contribution < -0.4 is 11.1 Å². The molecule has 6 nitrogen and oxygen atoms in total. The van der Waals surface area contributed by atoms with E-state index in [1.807, 2.05) is 30.8 Å². The van der Waals surface area contributed by atoms with Crippen molar-refractivity contribution in [2.24, 2.45) is 10.7 Å². The summed E-state index contributed by atoms with van der Waals surface area (Å²) in [6, 6.07) is 11.7. The number of anilines is 1. The first-order valence-electron chi connectivity index (χ1n) is 11.6. The van der Waals surface area contributed by atoms with Crippen LogP contribution in [0, 0.1) is 0 Å². The second kappa shape index (κ2) is 9.67. The summed E-state index contributed by atoms with van der Waals surface area (Å²) in [6.45, 7) is 2.95. The molecule has 2 atom stereocenters. The molecule has 1 aromatic carbocycles. The van der Waals surface area contributed by atoms with Gasteiger partial charge in [0.25, 0.3) is 0 Å². The summed E-state index contributed by atoms with van der Waals surface area (Å²) in [5, 5.41) is 3.37. The van der Waals surface area contributed by atoms with Gasteiger partial charge in [-0.3, -0.25) is 14.9 Å². The molecule has 3 N–H and O–H groups in total. The highest BCUT2D eigenvalue weighted by Gasteiger charge is 2.38. The van der Waals surface area contributed by atoms with Gasteiger partial charge in [-0.25, -0.2) is 0 Å². The van der Waals surface area contributed by atoms with Gasteiger partial charge >= 0.3 is 0 Å². The highest BCUT2D eigenvalue weighted by molar-refractivity contribution is 6.10. The van der Waals surface area contributed by atoms with Crippen molar-refractivity contribution >= 4 is 23.6 Å². The van der Waals surface area contributed by atoms with Crippen LogP contribution in [0.3, 0.4) is 0 Å². The van der Waals surface area contributed by atoms with E-state index in [4.69, 9.17) is 10.5 Å². The molecule has 3 aliphatic rings. The topological polar surface area (TPSA) is 75.8 Å². The van der Waals surface area contributed by atoms with Crippen LogP contribution in [0.4, 0.5) is 5.69 Å². The maximum absolute atomic E-state index is 5.91. The van der Waals surface area contributed by atoms with Crippen LogP contribution in [-0.4, -0.2) is 47.4 Å². The number of pyridine rings is 1. The Balaban J connectivity index is 1.20. The van der Waals surface area contributed by atoms with Gasteiger partial charge in [-0.1, -0.05) is 12.1 Å². The number of morpholine rings is 1. The number of hydrogen-bond acceptors (Lipinski definition) is 6. The summed E-state index contributed by atoms with van der Waals surface area (Å²) in [5.74, 6) is 0. The molecule has 2 aliphatic heterocycles. The van der Waals surface area contributed by atoms with Gasteiger partial charge in [0.05, 0.1) is 12.7 Å². The van der Waals surface area contributed by atoms with Crippen molar-refractivity contribution in [3.8, 4) is 0 Å². The van der Waals surface area contributed by atoms with E-state index in [-0.39, 0.29) is 0 Å². The molecule has 166 valence electrons. The van der Waals surface area contributed by atoms with Crippen molar-refractivity contribution in [2.75, 3.05) is 18.5 Å². The van der Waals surface area contributed by atoms with Crippen LogP contribution in [0.2, 0.25) is 0 Å². The zero-order chi connectivity index (χ0) is 21.8. The number of aromatic nitrogens is 1. The largest absolute Gasteiger partial charge is 0.404 e. The van der Waals surface area contributed by atoms with E-state index in [1.54, 1.807) is 12.4 Å². The molecule has 2 saturated heterocycles. The lowest BCUT2D eigenvalue weighted by Crippen LogP contribution is -2.36. The summed E-state index contributed by atoms with van der Waals surface area (Å²) in [6.07, 6.45) is 16.4. The minimum absolute atomic E-state index is 0.447. The number of benzene rings is 1. The number of likely N-dealkylation sites (tertiary alicyclic amines) is 1. The van der Waals surface area contributed by atoms with Crippen molar-refractivity contribution in [1.29, 1.82) is 0 Å². The number of fused-ring (bicyclic) bond motifs is 2. The zero-order valence-corrected chi connectivity index (χ0v) is 18.4. The Hall–Kier alpha value is -2.96. The lowest BCUT2D eigenvalue weighted by molar-refractivity contribution is 0.0273. The quantitative estimate of drug-likeness (QED) is 0.619. The Kier molecular flexibility index (Phi) is 6.32. The molecule has 1 aliphatic carbocycles. The van der Waals surface area contributed by atoms with Crippen LogP contribution in [0.1, 0.15) is 42.4 Å². The van der Waals surface area contributed by atoms with Crippen molar-refractivity contribution in [3.63, 3.8) is 0 Å². The summed E-state index contributed by atoms with van der Waals surface area (Å²) >= 11 is 0. The Bertz CT molecular complexity index is 1010.